The maximum Gasteiger partial charge on any atom is 0.277 e. The lowest BCUT2D eigenvalue weighted by Gasteiger charge is -2.21. The molecule has 0 atom stereocenters. The quantitative estimate of drug-likeness (QED) is 0.564. The van der Waals surface area contributed by atoms with Crippen LogP contribution < -0.4 is 10.6 Å². The van der Waals surface area contributed by atoms with Crippen molar-refractivity contribution in [1.29, 1.82) is 0 Å². The van der Waals surface area contributed by atoms with E-state index in [9.17, 15) is 9.59 Å². The number of anilines is 1. The van der Waals surface area contributed by atoms with E-state index in [-0.39, 0.29) is 35.7 Å². The molecule has 3 aromatic rings. The van der Waals surface area contributed by atoms with Crippen molar-refractivity contribution in [1.82, 2.24) is 10.2 Å². The summed E-state index contributed by atoms with van der Waals surface area (Å²) in [5.41, 5.74) is 6.55. The van der Waals surface area contributed by atoms with Crippen LogP contribution in [-0.4, -0.2) is 34.3 Å². The number of rotatable bonds is 8. The minimum absolute atomic E-state index is 0.0673. The van der Waals surface area contributed by atoms with Crippen molar-refractivity contribution in [2.45, 2.75) is 11.6 Å². The maximum atomic E-state index is 12.7. The number of nitrogens with two attached hydrogens (primary N) is 1. The number of nitrogens with zero attached hydrogens (tertiary/aromatic N) is 3. The van der Waals surface area contributed by atoms with Crippen molar-refractivity contribution in [3.05, 3.63) is 59.6 Å². The molecule has 9 heteroatoms. The molecule has 7 nitrogen and oxygen atoms in total. The van der Waals surface area contributed by atoms with E-state index in [1.54, 1.807) is 30.3 Å². The second kappa shape index (κ2) is 9.38. The Morgan fingerprint density at radius 1 is 1.07 bits per heavy atom. The van der Waals surface area contributed by atoms with E-state index >= 15 is 0 Å². The molecule has 144 valence electrons. The van der Waals surface area contributed by atoms with Gasteiger partial charge in [0.15, 0.2) is 0 Å². The van der Waals surface area contributed by atoms with Gasteiger partial charge in [0.25, 0.3) is 5.22 Å². The number of benzene rings is 2. The molecule has 0 aliphatic heterocycles. The highest BCUT2D eigenvalue weighted by molar-refractivity contribution is 7.99. The van der Waals surface area contributed by atoms with E-state index in [1.807, 2.05) is 24.3 Å². The van der Waals surface area contributed by atoms with Crippen LogP contribution in [0.4, 0.5) is 5.69 Å². The van der Waals surface area contributed by atoms with Gasteiger partial charge in [0.05, 0.1) is 16.3 Å². The van der Waals surface area contributed by atoms with Crippen LogP contribution in [0.1, 0.15) is 6.42 Å². The number of carbonyl (C=O) groups is 2. The Kier molecular flexibility index (Phi) is 6.67. The summed E-state index contributed by atoms with van der Waals surface area (Å²) in [6.07, 6.45) is 0.0719. The lowest BCUT2D eigenvalue weighted by molar-refractivity contribution is -0.118. The second-order valence-electron chi connectivity index (χ2n) is 5.74. The van der Waals surface area contributed by atoms with Crippen molar-refractivity contribution in [3.63, 3.8) is 0 Å². The number of thioether (sulfide) groups is 1. The molecule has 28 heavy (non-hydrogen) atoms. The molecule has 0 spiro atoms. The molecule has 2 amide bonds. The number of carbonyl (C=O) groups excluding carboxylic acids is 2. The van der Waals surface area contributed by atoms with Crippen molar-refractivity contribution < 1.29 is 14.0 Å². The molecule has 2 N–H and O–H groups in total. The summed E-state index contributed by atoms with van der Waals surface area (Å²) >= 11 is 7.25. The van der Waals surface area contributed by atoms with Gasteiger partial charge >= 0.3 is 0 Å². The first-order valence-electron chi connectivity index (χ1n) is 8.39. The first-order valence-corrected chi connectivity index (χ1v) is 9.76. The topological polar surface area (TPSA) is 102 Å². The fourth-order valence-corrected chi connectivity index (χ4v) is 3.30. The Bertz CT molecular complexity index is 965. The molecule has 0 aliphatic carbocycles. The standard InChI is InChI=1S/C19H17ClN4O3S/c20-15-9-5-4-8-14(15)18-22-23-19(27-18)28-12-17(26)24(11-10-16(21)25)13-6-2-1-3-7-13/h1-9H,10-12H2,(H2,21,25). The van der Waals surface area contributed by atoms with E-state index in [4.69, 9.17) is 21.8 Å². The highest BCUT2D eigenvalue weighted by atomic mass is 35.5. The second-order valence-corrected chi connectivity index (χ2v) is 7.07. The number of halogens is 1. The first kappa shape index (κ1) is 19.9. The van der Waals surface area contributed by atoms with Crippen molar-refractivity contribution >= 4 is 40.9 Å². The molecule has 1 heterocycles. The van der Waals surface area contributed by atoms with Crippen molar-refractivity contribution in [3.8, 4) is 11.5 Å². The average Bonchev–Trinajstić information content (AvgIpc) is 3.16. The van der Waals surface area contributed by atoms with Gasteiger partial charge in [0.2, 0.25) is 17.7 Å². The largest absolute Gasteiger partial charge is 0.411 e. The number of primary amides is 1. The summed E-state index contributed by atoms with van der Waals surface area (Å²) in [7, 11) is 0. The van der Waals surface area contributed by atoms with Crippen LogP contribution in [0, 0.1) is 0 Å². The van der Waals surface area contributed by atoms with E-state index in [0.29, 0.717) is 16.3 Å². The highest BCUT2D eigenvalue weighted by Gasteiger charge is 2.19. The van der Waals surface area contributed by atoms with Crippen LogP contribution in [-0.2, 0) is 9.59 Å². The minimum atomic E-state index is -0.470. The fourth-order valence-electron chi connectivity index (χ4n) is 2.44. The molecular formula is C19H17ClN4O3S. The normalized spacial score (nSPS) is 10.6. The summed E-state index contributed by atoms with van der Waals surface area (Å²) in [4.78, 5) is 25.4. The maximum absolute atomic E-state index is 12.7. The van der Waals surface area contributed by atoms with Crippen LogP contribution >= 0.6 is 23.4 Å². The van der Waals surface area contributed by atoms with Crippen LogP contribution in [0.2, 0.25) is 5.02 Å². The zero-order valence-corrected chi connectivity index (χ0v) is 16.3. The van der Waals surface area contributed by atoms with Crippen LogP contribution in [0.15, 0.2) is 64.2 Å². The lowest BCUT2D eigenvalue weighted by Crippen LogP contribution is -2.35. The zero-order chi connectivity index (χ0) is 19.9. The van der Waals surface area contributed by atoms with E-state index in [0.717, 1.165) is 11.8 Å². The molecule has 0 radical (unpaired) electrons. The Labute approximate surface area is 170 Å². The van der Waals surface area contributed by atoms with Crippen LogP contribution in [0.3, 0.4) is 0 Å². The fraction of sp³-hybridized carbons (Fsp3) is 0.158. The van der Waals surface area contributed by atoms with Crippen molar-refractivity contribution in [2.75, 3.05) is 17.2 Å². The summed E-state index contributed by atoms with van der Waals surface area (Å²) in [6, 6.07) is 16.2. The number of hydrogen-bond acceptors (Lipinski definition) is 6. The molecule has 0 bridgehead atoms. The lowest BCUT2D eigenvalue weighted by atomic mass is 10.2. The van der Waals surface area contributed by atoms with E-state index in [2.05, 4.69) is 10.2 Å². The van der Waals surface area contributed by atoms with Crippen LogP contribution in [0.25, 0.3) is 11.5 Å². The molecule has 0 fully saturated rings. The number of hydrogen-bond donors (Lipinski definition) is 1. The third-order valence-electron chi connectivity index (χ3n) is 3.78. The Balaban J connectivity index is 1.67. The average molecular weight is 417 g/mol. The monoisotopic (exact) mass is 416 g/mol. The minimum Gasteiger partial charge on any atom is -0.411 e. The van der Waals surface area contributed by atoms with E-state index < -0.39 is 5.91 Å². The van der Waals surface area contributed by atoms with Gasteiger partial charge in [0, 0.05) is 18.7 Å². The molecule has 1 aromatic heterocycles. The Morgan fingerprint density at radius 2 is 1.79 bits per heavy atom. The third-order valence-corrected chi connectivity index (χ3v) is 4.91. The smallest absolute Gasteiger partial charge is 0.277 e. The van der Waals surface area contributed by atoms with Crippen LogP contribution in [0.5, 0.6) is 0 Å². The zero-order valence-electron chi connectivity index (χ0n) is 14.7. The number of aromatic nitrogens is 2. The molecule has 2 aromatic carbocycles. The Hall–Kier alpha value is -2.84. The third kappa shape index (κ3) is 5.11. The molecule has 3 rings (SSSR count). The molecule has 0 unspecified atom stereocenters. The first-order chi connectivity index (χ1) is 13.5. The van der Waals surface area contributed by atoms with Gasteiger partial charge in [-0.3, -0.25) is 9.59 Å². The van der Waals surface area contributed by atoms with Crippen molar-refractivity contribution in [2.24, 2.45) is 5.73 Å². The summed E-state index contributed by atoms with van der Waals surface area (Å²) < 4.78 is 5.60. The predicted octanol–water partition coefficient (Wildman–Crippen LogP) is 3.39. The highest BCUT2D eigenvalue weighted by Crippen LogP contribution is 2.29. The SMILES string of the molecule is NC(=O)CCN(C(=O)CSc1nnc(-c2ccccc2Cl)o1)c1ccccc1. The van der Waals surface area contributed by atoms with Gasteiger partial charge in [-0.1, -0.05) is 53.7 Å². The van der Waals surface area contributed by atoms with Gasteiger partial charge < -0.3 is 15.1 Å². The van der Waals surface area contributed by atoms with Gasteiger partial charge in [-0.2, -0.15) is 0 Å². The van der Waals surface area contributed by atoms with Gasteiger partial charge in [-0.25, -0.2) is 0 Å². The molecule has 0 saturated heterocycles. The molecular weight excluding hydrogens is 400 g/mol. The van der Waals surface area contributed by atoms with Gasteiger partial charge in [-0.05, 0) is 24.3 Å². The summed E-state index contributed by atoms with van der Waals surface area (Å²) in [5.74, 6) is -0.315. The van der Waals surface area contributed by atoms with Gasteiger partial charge in [-0.15, -0.1) is 10.2 Å². The molecule has 0 aliphatic rings. The number of para-hydroxylation sites is 1. The summed E-state index contributed by atoms with van der Waals surface area (Å²) in [6.45, 7) is 0.202. The summed E-state index contributed by atoms with van der Waals surface area (Å²) in [5, 5.41) is 8.69. The predicted molar refractivity (Wildman–Crippen MR) is 108 cm³/mol. The Morgan fingerprint density at radius 3 is 2.50 bits per heavy atom. The number of amides is 2. The van der Waals surface area contributed by atoms with Gasteiger partial charge in [0.1, 0.15) is 0 Å². The molecule has 0 saturated carbocycles. The van der Waals surface area contributed by atoms with E-state index in [1.165, 1.54) is 4.90 Å².